The van der Waals surface area contributed by atoms with Crippen LogP contribution in [0.4, 0.5) is 0 Å². The van der Waals surface area contributed by atoms with Crippen LogP contribution in [0.25, 0.3) is 0 Å². The molecule has 0 spiro atoms. The maximum Gasteiger partial charge on any atom is 0.241 e. The Bertz CT molecular complexity index is 167. The molecule has 0 radical (unpaired) electrons. The summed E-state index contributed by atoms with van der Waals surface area (Å²) in [6, 6.07) is -0.753. The summed E-state index contributed by atoms with van der Waals surface area (Å²) in [6.07, 6.45) is 2.83. The monoisotopic (exact) mass is 159 g/mol. The second-order valence-corrected chi connectivity index (χ2v) is 3.40. The molecule has 0 unspecified atom stereocenters. The second-order valence-electron chi connectivity index (χ2n) is 3.40. The highest BCUT2D eigenvalue weighted by molar-refractivity contribution is 4.85. The Labute approximate surface area is 65.4 Å². The number of hydrogen-bond donors (Lipinski definition) is 1. The SMILES string of the molecule is C[C@]1(O)CCCC[C@@H]1[N+](=O)[O-]. The molecule has 4 nitrogen and oxygen atoms in total. The minimum absolute atomic E-state index is 0.362. The Morgan fingerprint density at radius 1 is 1.64 bits per heavy atom. The van der Waals surface area contributed by atoms with Crippen LogP contribution in [0.15, 0.2) is 0 Å². The van der Waals surface area contributed by atoms with Gasteiger partial charge in [-0.3, -0.25) is 10.1 Å². The molecule has 0 aromatic carbocycles. The predicted octanol–water partition coefficient (Wildman–Crippen LogP) is 0.957. The van der Waals surface area contributed by atoms with Crippen molar-refractivity contribution in [3.05, 3.63) is 10.1 Å². The van der Waals surface area contributed by atoms with Gasteiger partial charge in [-0.2, -0.15) is 0 Å². The average Bonchev–Trinajstić information content (AvgIpc) is 1.85. The van der Waals surface area contributed by atoms with Crippen molar-refractivity contribution in [3.63, 3.8) is 0 Å². The molecule has 1 fully saturated rings. The maximum absolute atomic E-state index is 10.4. The molecule has 1 aliphatic rings. The largest absolute Gasteiger partial charge is 0.383 e. The summed E-state index contributed by atoms with van der Waals surface area (Å²) in [5, 5.41) is 20.0. The number of aliphatic hydroxyl groups is 1. The van der Waals surface area contributed by atoms with E-state index in [-0.39, 0.29) is 4.92 Å². The van der Waals surface area contributed by atoms with Gasteiger partial charge in [-0.25, -0.2) is 0 Å². The van der Waals surface area contributed by atoms with Crippen LogP contribution in [0.3, 0.4) is 0 Å². The highest BCUT2D eigenvalue weighted by atomic mass is 16.6. The number of rotatable bonds is 1. The molecule has 1 rings (SSSR count). The van der Waals surface area contributed by atoms with Crippen LogP contribution < -0.4 is 0 Å². The smallest absolute Gasteiger partial charge is 0.241 e. The molecule has 11 heavy (non-hydrogen) atoms. The summed E-state index contributed by atoms with van der Waals surface area (Å²) in [5.41, 5.74) is -1.08. The molecule has 64 valence electrons. The molecule has 1 aliphatic carbocycles. The Balaban J connectivity index is 2.67. The first kappa shape index (κ1) is 8.46. The van der Waals surface area contributed by atoms with Gasteiger partial charge in [-0.1, -0.05) is 6.42 Å². The van der Waals surface area contributed by atoms with E-state index in [2.05, 4.69) is 0 Å². The highest BCUT2D eigenvalue weighted by Crippen LogP contribution is 2.29. The van der Waals surface area contributed by atoms with E-state index in [1.807, 2.05) is 0 Å². The van der Waals surface area contributed by atoms with E-state index in [1.54, 1.807) is 6.92 Å². The van der Waals surface area contributed by atoms with Crippen LogP contribution in [0.5, 0.6) is 0 Å². The molecule has 4 heteroatoms. The van der Waals surface area contributed by atoms with Crippen LogP contribution in [0, 0.1) is 10.1 Å². The summed E-state index contributed by atoms with van der Waals surface area (Å²) in [6.45, 7) is 1.56. The van der Waals surface area contributed by atoms with Gasteiger partial charge in [0.25, 0.3) is 0 Å². The van der Waals surface area contributed by atoms with Crippen molar-refractivity contribution in [1.82, 2.24) is 0 Å². The van der Waals surface area contributed by atoms with Crippen LogP contribution >= 0.6 is 0 Å². The molecule has 0 aromatic rings. The normalized spacial score (nSPS) is 38.5. The van der Waals surface area contributed by atoms with E-state index in [4.69, 9.17) is 0 Å². The van der Waals surface area contributed by atoms with E-state index in [0.29, 0.717) is 12.8 Å². The first-order valence-corrected chi connectivity index (χ1v) is 3.90. The van der Waals surface area contributed by atoms with Crippen LogP contribution in [0.2, 0.25) is 0 Å². The van der Waals surface area contributed by atoms with Gasteiger partial charge < -0.3 is 5.11 Å². The third-order valence-electron chi connectivity index (χ3n) is 2.38. The molecular weight excluding hydrogens is 146 g/mol. The van der Waals surface area contributed by atoms with Gasteiger partial charge in [0.05, 0.1) is 0 Å². The van der Waals surface area contributed by atoms with Crippen molar-refractivity contribution in [2.75, 3.05) is 0 Å². The third-order valence-corrected chi connectivity index (χ3v) is 2.38. The summed E-state index contributed by atoms with van der Waals surface area (Å²) in [4.78, 5) is 10.1. The van der Waals surface area contributed by atoms with Crippen molar-refractivity contribution >= 4 is 0 Å². The number of nitro groups is 1. The Morgan fingerprint density at radius 2 is 2.27 bits per heavy atom. The lowest BCUT2D eigenvalue weighted by Gasteiger charge is -2.30. The van der Waals surface area contributed by atoms with Gasteiger partial charge in [0.15, 0.2) is 0 Å². The summed E-state index contributed by atoms with van der Waals surface area (Å²) in [5.74, 6) is 0. The Hall–Kier alpha value is -0.640. The molecule has 0 aromatic heterocycles. The Morgan fingerprint density at radius 3 is 2.64 bits per heavy atom. The minimum atomic E-state index is -1.08. The van der Waals surface area contributed by atoms with Crippen LogP contribution in [-0.4, -0.2) is 21.7 Å². The van der Waals surface area contributed by atoms with Gasteiger partial charge in [0, 0.05) is 11.3 Å². The lowest BCUT2D eigenvalue weighted by molar-refractivity contribution is -0.548. The molecule has 1 saturated carbocycles. The molecule has 0 bridgehead atoms. The van der Waals surface area contributed by atoms with Crippen molar-refractivity contribution in [2.45, 2.75) is 44.2 Å². The molecule has 0 saturated heterocycles. The molecular formula is C7H13NO3. The fraction of sp³-hybridized carbons (Fsp3) is 1.00. The zero-order valence-corrected chi connectivity index (χ0v) is 6.62. The van der Waals surface area contributed by atoms with E-state index in [9.17, 15) is 15.2 Å². The van der Waals surface area contributed by atoms with E-state index < -0.39 is 11.6 Å². The summed E-state index contributed by atoms with van der Waals surface area (Å²) >= 11 is 0. The topological polar surface area (TPSA) is 63.4 Å². The molecule has 2 atom stereocenters. The fourth-order valence-corrected chi connectivity index (χ4v) is 1.63. The lowest BCUT2D eigenvalue weighted by Crippen LogP contribution is -2.46. The quantitative estimate of drug-likeness (QED) is 0.457. The zero-order chi connectivity index (χ0) is 8.48. The number of hydrogen-bond acceptors (Lipinski definition) is 3. The Kier molecular flexibility index (Phi) is 2.13. The molecule has 0 aliphatic heterocycles. The average molecular weight is 159 g/mol. The zero-order valence-electron chi connectivity index (χ0n) is 6.62. The first-order valence-electron chi connectivity index (χ1n) is 3.90. The van der Waals surface area contributed by atoms with Crippen molar-refractivity contribution in [1.29, 1.82) is 0 Å². The van der Waals surface area contributed by atoms with Gasteiger partial charge >= 0.3 is 0 Å². The van der Waals surface area contributed by atoms with E-state index in [0.717, 1.165) is 12.8 Å². The first-order chi connectivity index (χ1) is 5.04. The van der Waals surface area contributed by atoms with Crippen molar-refractivity contribution in [2.24, 2.45) is 0 Å². The summed E-state index contributed by atoms with van der Waals surface area (Å²) < 4.78 is 0. The van der Waals surface area contributed by atoms with Gasteiger partial charge in [-0.05, 0) is 19.8 Å². The van der Waals surface area contributed by atoms with Crippen molar-refractivity contribution < 1.29 is 10.0 Å². The van der Waals surface area contributed by atoms with Gasteiger partial charge in [0.1, 0.15) is 5.60 Å². The van der Waals surface area contributed by atoms with E-state index in [1.165, 1.54) is 0 Å². The maximum atomic E-state index is 10.4. The van der Waals surface area contributed by atoms with Crippen molar-refractivity contribution in [3.8, 4) is 0 Å². The minimum Gasteiger partial charge on any atom is -0.383 e. The fourth-order valence-electron chi connectivity index (χ4n) is 1.63. The lowest BCUT2D eigenvalue weighted by atomic mass is 9.82. The van der Waals surface area contributed by atoms with E-state index >= 15 is 0 Å². The summed E-state index contributed by atoms with van der Waals surface area (Å²) in [7, 11) is 0. The van der Waals surface area contributed by atoms with Crippen LogP contribution in [0.1, 0.15) is 32.6 Å². The third kappa shape index (κ3) is 1.68. The van der Waals surface area contributed by atoms with Gasteiger partial charge in [0.2, 0.25) is 6.04 Å². The van der Waals surface area contributed by atoms with Gasteiger partial charge in [-0.15, -0.1) is 0 Å². The molecule has 0 heterocycles. The van der Waals surface area contributed by atoms with Crippen LogP contribution in [-0.2, 0) is 0 Å². The highest BCUT2D eigenvalue weighted by Gasteiger charge is 2.42. The molecule has 1 N–H and O–H groups in total. The number of nitrogens with zero attached hydrogens (tertiary/aromatic N) is 1. The molecule has 0 amide bonds. The standard InChI is InChI=1S/C7H13NO3/c1-7(9)5-3-2-4-6(7)8(10)11/h6,9H,2-5H2,1H3/t6-,7-/m0/s1. The second kappa shape index (κ2) is 2.77. The predicted molar refractivity (Wildman–Crippen MR) is 39.9 cm³/mol.